The predicted molar refractivity (Wildman–Crippen MR) is 136 cm³/mol. The maximum Gasteiger partial charge on any atom is 0.490 e. The molecule has 228 valence electrons. The van der Waals surface area contributed by atoms with Crippen molar-refractivity contribution in [3.05, 3.63) is 71.8 Å². The molecule has 3 aromatic rings. The van der Waals surface area contributed by atoms with Crippen LogP contribution in [0.4, 0.5) is 36.4 Å². The van der Waals surface area contributed by atoms with Gasteiger partial charge in [0, 0.05) is 48.0 Å². The molecule has 0 aliphatic carbocycles. The number of rotatable bonds is 4. The highest BCUT2D eigenvalue weighted by Gasteiger charge is 2.39. The Hall–Kier alpha value is -4.47. The summed E-state index contributed by atoms with van der Waals surface area (Å²) in [6, 6.07) is 11.3. The number of hydrogen-bond donors (Lipinski definition) is 4. The van der Waals surface area contributed by atoms with Crippen molar-refractivity contribution in [2.24, 2.45) is 5.73 Å². The topological polar surface area (TPSA) is 146 Å². The van der Waals surface area contributed by atoms with Gasteiger partial charge in [0.25, 0.3) is 0 Å². The second-order valence-electron chi connectivity index (χ2n) is 8.91. The molecule has 0 bridgehead atoms. The van der Waals surface area contributed by atoms with Gasteiger partial charge in [0.05, 0.1) is 0 Å². The molecule has 1 fully saturated rings. The summed E-state index contributed by atoms with van der Waals surface area (Å²) in [5.74, 6) is -5.98. The van der Waals surface area contributed by atoms with Gasteiger partial charge in [0.15, 0.2) is 0 Å². The number of aromatic nitrogens is 1. The van der Waals surface area contributed by atoms with Crippen molar-refractivity contribution in [1.82, 2.24) is 9.88 Å². The van der Waals surface area contributed by atoms with Crippen LogP contribution in [0.25, 0.3) is 10.8 Å². The second kappa shape index (κ2) is 13.9. The van der Waals surface area contributed by atoms with Crippen LogP contribution < -0.4 is 11.1 Å². The number of nitrogens with two attached hydrogens (primary N) is 1. The number of pyridine rings is 1. The molecule has 2 atom stereocenters. The monoisotopic (exact) mass is 606 g/mol. The molecule has 0 radical (unpaired) electrons. The number of aliphatic carboxylic acids is 2. The fraction of sp³-hybridized carbons (Fsp3) is 0.308. The number of carbonyl (C=O) groups is 3. The molecule has 4 rings (SSSR count). The zero-order valence-corrected chi connectivity index (χ0v) is 21.7. The first kappa shape index (κ1) is 33.7. The Morgan fingerprint density at radius 3 is 2.05 bits per heavy atom. The Bertz CT molecular complexity index is 1370. The van der Waals surface area contributed by atoms with Crippen LogP contribution in [0.15, 0.2) is 54.9 Å². The van der Waals surface area contributed by atoms with Crippen LogP contribution >= 0.6 is 0 Å². The molecule has 1 aromatic heterocycles. The summed E-state index contributed by atoms with van der Waals surface area (Å²) in [4.78, 5) is 36.6. The minimum atomic E-state index is -5.08. The molecule has 16 heteroatoms. The summed E-state index contributed by atoms with van der Waals surface area (Å²) >= 11 is 0. The number of carboxylic acids is 2. The minimum Gasteiger partial charge on any atom is -0.475 e. The lowest BCUT2D eigenvalue weighted by molar-refractivity contribution is -0.193. The van der Waals surface area contributed by atoms with Crippen molar-refractivity contribution in [3.63, 3.8) is 0 Å². The number of aryl methyl sites for hydroxylation is 1. The molecule has 5 N–H and O–H groups in total. The van der Waals surface area contributed by atoms with Gasteiger partial charge >= 0.3 is 24.3 Å². The average Bonchev–Trinajstić information content (AvgIpc) is 3.36. The van der Waals surface area contributed by atoms with E-state index in [4.69, 9.17) is 25.5 Å². The summed E-state index contributed by atoms with van der Waals surface area (Å²) in [6.07, 6.45) is -5.60. The largest absolute Gasteiger partial charge is 0.490 e. The number of nitrogens with zero attached hydrogens (tertiary/aromatic N) is 2. The highest BCUT2D eigenvalue weighted by atomic mass is 19.4. The van der Waals surface area contributed by atoms with Gasteiger partial charge in [0.1, 0.15) is 11.9 Å². The molecule has 1 aliphatic rings. The van der Waals surface area contributed by atoms with E-state index in [1.54, 1.807) is 17.0 Å². The maximum absolute atomic E-state index is 13.1. The fourth-order valence-electron chi connectivity index (χ4n) is 3.84. The van der Waals surface area contributed by atoms with Crippen molar-refractivity contribution in [3.8, 4) is 0 Å². The molecule has 42 heavy (non-hydrogen) atoms. The van der Waals surface area contributed by atoms with Crippen LogP contribution in [0.5, 0.6) is 0 Å². The minimum absolute atomic E-state index is 0.130. The van der Waals surface area contributed by atoms with Gasteiger partial charge in [-0.15, -0.1) is 0 Å². The molecular weight excluding hydrogens is 581 g/mol. The van der Waals surface area contributed by atoms with Gasteiger partial charge in [-0.3, -0.25) is 9.78 Å². The number of nitrogens with one attached hydrogen (secondary N) is 1. The van der Waals surface area contributed by atoms with Crippen molar-refractivity contribution in [2.75, 3.05) is 18.4 Å². The van der Waals surface area contributed by atoms with E-state index < -0.39 is 30.3 Å². The third kappa shape index (κ3) is 9.57. The molecule has 9 nitrogen and oxygen atoms in total. The molecule has 2 unspecified atom stereocenters. The van der Waals surface area contributed by atoms with Crippen LogP contribution in [-0.2, 0) is 14.4 Å². The molecule has 2 heterocycles. The number of amides is 1. The summed E-state index contributed by atoms with van der Waals surface area (Å²) < 4.78 is 76.6. The molecular formula is C26H25F7N4O5. The quantitative estimate of drug-likeness (QED) is 0.314. The standard InChI is InChI=1S/C22H23FN4O.2C2HF3O2/c1-14-11-25-12-16-3-2-4-19(20(14)16)26-18-9-10-27(13-18)22(28)21(24)15-5-7-17(23)8-6-15;2*3-2(4,5)1(6)7/h2-8,11-12,18,21,26H,9-10,13,24H2,1H3;2*(H,6,7). The van der Waals surface area contributed by atoms with Crippen molar-refractivity contribution >= 4 is 34.3 Å². The molecule has 1 aliphatic heterocycles. The Morgan fingerprint density at radius 2 is 1.52 bits per heavy atom. The fourth-order valence-corrected chi connectivity index (χ4v) is 3.84. The lowest BCUT2D eigenvalue weighted by Gasteiger charge is -2.22. The van der Waals surface area contributed by atoms with Crippen LogP contribution in [0.3, 0.4) is 0 Å². The molecule has 0 spiro atoms. The lowest BCUT2D eigenvalue weighted by Crippen LogP contribution is -2.38. The van der Waals surface area contributed by atoms with Gasteiger partial charge in [-0.05, 0) is 42.7 Å². The summed E-state index contributed by atoms with van der Waals surface area (Å²) in [7, 11) is 0. The highest BCUT2D eigenvalue weighted by Crippen LogP contribution is 2.28. The Balaban J connectivity index is 0.000000367. The first-order valence-electron chi connectivity index (χ1n) is 11.9. The van der Waals surface area contributed by atoms with E-state index in [1.807, 2.05) is 31.5 Å². The predicted octanol–water partition coefficient (Wildman–Crippen LogP) is 4.66. The third-order valence-corrected chi connectivity index (χ3v) is 5.81. The van der Waals surface area contributed by atoms with Crippen LogP contribution in [0.2, 0.25) is 0 Å². The van der Waals surface area contributed by atoms with Gasteiger partial charge in [-0.1, -0.05) is 24.3 Å². The smallest absolute Gasteiger partial charge is 0.475 e. The molecule has 1 amide bonds. The number of halogens is 7. The zero-order valence-electron chi connectivity index (χ0n) is 21.7. The Morgan fingerprint density at radius 1 is 0.976 bits per heavy atom. The Labute approximate surface area is 233 Å². The lowest BCUT2D eigenvalue weighted by atomic mass is 10.1. The van der Waals surface area contributed by atoms with Crippen LogP contribution in [0.1, 0.15) is 23.6 Å². The van der Waals surface area contributed by atoms with E-state index in [0.29, 0.717) is 18.7 Å². The van der Waals surface area contributed by atoms with E-state index in [1.165, 1.54) is 12.1 Å². The average molecular weight is 606 g/mol. The van der Waals surface area contributed by atoms with E-state index in [2.05, 4.69) is 16.4 Å². The van der Waals surface area contributed by atoms with Crippen molar-refractivity contribution in [1.29, 1.82) is 0 Å². The van der Waals surface area contributed by atoms with E-state index >= 15 is 0 Å². The number of carboxylic acid groups (broad SMARTS) is 2. The molecule has 2 aromatic carbocycles. The van der Waals surface area contributed by atoms with Crippen LogP contribution in [0, 0.1) is 12.7 Å². The van der Waals surface area contributed by atoms with Crippen LogP contribution in [-0.4, -0.2) is 69.4 Å². The van der Waals surface area contributed by atoms with Gasteiger partial charge in [0.2, 0.25) is 5.91 Å². The van der Waals surface area contributed by atoms with E-state index in [9.17, 15) is 35.5 Å². The summed E-state index contributed by atoms with van der Waals surface area (Å²) in [5.41, 5.74) is 8.92. The number of likely N-dealkylation sites (tertiary alicyclic amines) is 1. The third-order valence-electron chi connectivity index (χ3n) is 5.81. The number of fused-ring (bicyclic) bond motifs is 1. The maximum atomic E-state index is 13.1. The van der Waals surface area contributed by atoms with Gasteiger partial charge in [-0.2, -0.15) is 26.3 Å². The number of carbonyl (C=O) groups excluding carboxylic acids is 1. The zero-order chi connectivity index (χ0) is 31.8. The first-order valence-corrected chi connectivity index (χ1v) is 11.9. The van der Waals surface area contributed by atoms with Crippen molar-refractivity contribution in [2.45, 2.75) is 37.8 Å². The number of hydrogen-bond acceptors (Lipinski definition) is 6. The number of anilines is 1. The summed E-state index contributed by atoms with van der Waals surface area (Å²) in [6.45, 7) is 3.29. The van der Waals surface area contributed by atoms with Gasteiger partial charge < -0.3 is 26.2 Å². The van der Waals surface area contributed by atoms with Gasteiger partial charge in [-0.25, -0.2) is 14.0 Å². The Kier molecular flexibility index (Phi) is 11.2. The highest BCUT2D eigenvalue weighted by molar-refractivity contribution is 5.96. The normalized spacial score (nSPS) is 15.5. The van der Waals surface area contributed by atoms with E-state index in [0.717, 1.165) is 28.4 Å². The molecule has 0 saturated carbocycles. The molecule has 1 saturated heterocycles. The number of alkyl halides is 6. The SMILES string of the molecule is Cc1cncc2cccc(NC3CCN(C(=O)C(N)c4ccc(F)cc4)C3)c12.O=C(O)C(F)(F)F.O=C(O)C(F)(F)F. The second-order valence-corrected chi connectivity index (χ2v) is 8.91. The van der Waals surface area contributed by atoms with E-state index in [-0.39, 0.29) is 17.8 Å². The number of benzene rings is 2. The summed E-state index contributed by atoms with van der Waals surface area (Å²) in [5, 5.41) is 20.1. The first-order chi connectivity index (χ1) is 19.4. The van der Waals surface area contributed by atoms with Crippen molar-refractivity contribution < 1.29 is 55.3 Å².